The Bertz CT molecular complexity index is 360. The normalized spacial score (nSPS) is 9.71. The van der Waals surface area contributed by atoms with Crippen LogP contribution < -0.4 is 15.4 Å². The van der Waals surface area contributed by atoms with Crippen LogP contribution in [-0.2, 0) is 11.3 Å². The van der Waals surface area contributed by atoms with Crippen LogP contribution >= 0.6 is 0 Å². The van der Waals surface area contributed by atoms with Gasteiger partial charge in [-0.25, -0.2) is 0 Å². The molecular weight excluding hydrogens is 216 g/mol. The van der Waals surface area contributed by atoms with Crippen molar-refractivity contribution in [2.75, 3.05) is 20.2 Å². The highest BCUT2D eigenvalue weighted by Crippen LogP contribution is 2.11. The molecule has 17 heavy (non-hydrogen) atoms. The maximum absolute atomic E-state index is 11.3. The minimum absolute atomic E-state index is 0.0270. The van der Waals surface area contributed by atoms with Gasteiger partial charge in [0.05, 0.1) is 0 Å². The molecule has 4 nitrogen and oxygen atoms in total. The third kappa shape index (κ3) is 5.17. The molecule has 0 aliphatic heterocycles. The van der Waals surface area contributed by atoms with Crippen LogP contribution in [0.5, 0.6) is 5.75 Å². The van der Waals surface area contributed by atoms with Crippen LogP contribution in [0.3, 0.4) is 0 Å². The van der Waals surface area contributed by atoms with Gasteiger partial charge in [0.15, 0.2) is 6.61 Å². The van der Waals surface area contributed by atoms with Gasteiger partial charge in [0.1, 0.15) is 5.75 Å². The molecule has 0 aromatic heterocycles. The van der Waals surface area contributed by atoms with E-state index in [-0.39, 0.29) is 12.5 Å². The van der Waals surface area contributed by atoms with Gasteiger partial charge in [-0.2, -0.15) is 0 Å². The summed E-state index contributed by atoms with van der Waals surface area (Å²) in [7, 11) is 1.90. The zero-order valence-electron chi connectivity index (χ0n) is 10.0. The van der Waals surface area contributed by atoms with Crippen LogP contribution in [0.2, 0.25) is 0 Å². The lowest BCUT2D eigenvalue weighted by molar-refractivity contribution is -0.122. The highest BCUT2D eigenvalue weighted by Gasteiger charge is 2.01. The first-order valence-corrected chi connectivity index (χ1v) is 5.50. The first kappa shape index (κ1) is 13.3. The van der Waals surface area contributed by atoms with Crippen molar-refractivity contribution < 1.29 is 9.53 Å². The molecule has 92 valence electrons. The fraction of sp³-hybridized carbons (Fsp3) is 0.308. The molecular formula is C13H18N2O2. The van der Waals surface area contributed by atoms with E-state index in [1.807, 2.05) is 31.3 Å². The Morgan fingerprint density at radius 2 is 2.12 bits per heavy atom. The Labute approximate surface area is 102 Å². The number of ether oxygens (including phenoxy) is 1. The highest BCUT2D eigenvalue weighted by atomic mass is 16.5. The summed E-state index contributed by atoms with van der Waals surface area (Å²) in [5.74, 6) is 0.544. The molecule has 2 N–H and O–H groups in total. The molecule has 1 amide bonds. The van der Waals surface area contributed by atoms with E-state index in [2.05, 4.69) is 17.2 Å². The number of carbonyl (C=O) groups is 1. The van der Waals surface area contributed by atoms with Crippen molar-refractivity contribution in [3.63, 3.8) is 0 Å². The van der Waals surface area contributed by atoms with Crippen molar-refractivity contribution in [2.24, 2.45) is 0 Å². The van der Waals surface area contributed by atoms with Crippen molar-refractivity contribution in [2.45, 2.75) is 6.54 Å². The van der Waals surface area contributed by atoms with Gasteiger partial charge in [0, 0.05) is 13.1 Å². The van der Waals surface area contributed by atoms with Crippen molar-refractivity contribution in [1.82, 2.24) is 10.6 Å². The van der Waals surface area contributed by atoms with Gasteiger partial charge < -0.3 is 15.4 Å². The van der Waals surface area contributed by atoms with Crippen LogP contribution in [0.4, 0.5) is 0 Å². The van der Waals surface area contributed by atoms with E-state index in [1.54, 1.807) is 6.08 Å². The molecule has 0 bridgehead atoms. The van der Waals surface area contributed by atoms with E-state index < -0.39 is 0 Å². The first-order chi connectivity index (χ1) is 8.26. The van der Waals surface area contributed by atoms with Crippen LogP contribution in [-0.4, -0.2) is 26.1 Å². The minimum Gasteiger partial charge on any atom is -0.484 e. The summed E-state index contributed by atoms with van der Waals surface area (Å²) in [6.07, 6.45) is 1.63. The Kier molecular flexibility index (Phi) is 5.82. The summed E-state index contributed by atoms with van der Waals surface area (Å²) < 4.78 is 5.33. The number of nitrogens with one attached hydrogen (secondary N) is 2. The van der Waals surface area contributed by atoms with Gasteiger partial charge in [-0.3, -0.25) is 4.79 Å². The Hall–Kier alpha value is -1.81. The van der Waals surface area contributed by atoms with Gasteiger partial charge in [-0.1, -0.05) is 18.2 Å². The van der Waals surface area contributed by atoms with Gasteiger partial charge >= 0.3 is 0 Å². The van der Waals surface area contributed by atoms with E-state index in [0.717, 1.165) is 6.54 Å². The molecule has 0 heterocycles. The zero-order valence-corrected chi connectivity index (χ0v) is 10.0. The lowest BCUT2D eigenvalue weighted by Gasteiger charge is -2.07. The molecule has 0 unspecified atom stereocenters. The molecule has 0 radical (unpaired) electrons. The predicted molar refractivity (Wildman–Crippen MR) is 67.9 cm³/mol. The average molecular weight is 234 g/mol. The fourth-order valence-electron chi connectivity index (χ4n) is 1.29. The van der Waals surface area contributed by atoms with Gasteiger partial charge in [-0.15, -0.1) is 6.58 Å². The van der Waals surface area contributed by atoms with Crippen LogP contribution in [0.15, 0.2) is 36.9 Å². The van der Waals surface area contributed by atoms with Crippen LogP contribution in [0.25, 0.3) is 0 Å². The quantitative estimate of drug-likeness (QED) is 0.694. The molecule has 0 aliphatic rings. The first-order valence-electron chi connectivity index (χ1n) is 5.50. The van der Waals surface area contributed by atoms with E-state index in [9.17, 15) is 4.79 Å². The molecule has 0 atom stereocenters. The zero-order chi connectivity index (χ0) is 12.5. The minimum atomic E-state index is -0.149. The SMILES string of the molecule is C=CCNC(=O)COc1ccc(CNC)cc1. The Morgan fingerprint density at radius 1 is 1.41 bits per heavy atom. The summed E-state index contributed by atoms with van der Waals surface area (Å²) in [5.41, 5.74) is 1.18. The van der Waals surface area contributed by atoms with Crippen molar-refractivity contribution in [3.05, 3.63) is 42.5 Å². The van der Waals surface area contributed by atoms with Crippen LogP contribution in [0, 0.1) is 0 Å². The number of amides is 1. The lowest BCUT2D eigenvalue weighted by Crippen LogP contribution is -2.28. The topological polar surface area (TPSA) is 50.4 Å². The maximum atomic E-state index is 11.3. The highest BCUT2D eigenvalue weighted by molar-refractivity contribution is 5.77. The second-order valence-electron chi connectivity index (χ2n) is 3.56. The van der Waals surface area contributed by atoms with Crippen molar-refractivity contribution in [1.29, 1.82) is 0 Å². The maximum Gasteiger partial charge on any atom is 0.258 e. The summed E-state index contributed by atoms with van der Waals surface area (Å²) in [6.45, 7) is 4.82. The number of rotatable bonds is 7. The van der Waals surface area contributed by atoms with E-state index in [4.69, 9.17) is 4.74 Å². The fourth-order valence-corrected chi connectivity index (χ4v) is 1.29. The summed E-state index contributed by atoms with van der Waals surface area (Å²) in [6, 6.07) is 7.64. The molecule has 1 aromatic rings. The molecule has 0 fully saturated rings. The van der Waals surface area contributed by atoms with Crippen molar-refractivity contribution >= 4 is 5.91 Å². The van der Waals surface area contributed by atoms with E-state index >= 15 is 0 Å². The largest absolute Gasteiger partial charge is 0.484 e. The smallest absolute Gasteiger partial charge is 0.258 e. The van der Waals surface area contributed by atoms with E-state index in [0.29, 0.717) is 12.3 Å². The molecule has 1 aromatic carbocycles. The second kappa shape index (κ2) is 7.46. The molecule has 0 saturated heterocycles. The van der Waals surface area contributed by atoms with E-state index in [1.165, 1.54) is 5.56 Å². The number of carbonyl (C=O) groups excluding carboxylic acids is 1. The van der Waals surface area contributed by atoms with Gasteiger partial charge in [0.2, 0.25) is 0 Å². The monoisotopic (exact) mass is 234 g/mol. The Morgan fingerprint density at radius 3 is 2.71 bits per heavy atom. The molecule has 0 spiro atoms. The van der Waals surface area contributed by atoms with Crippen molar-refractivity contribution in [3.8, 4) is 5.75 Å². The number of hydrogen-bond donors (Lipinski definition) is 2. The third-order valence-electron chi connectivity index (χ3n) is 2.12. The van der Waals surface area contributed by atoms with Gasteiger partial charge in [0.25, 0.3) is 5.91 Å². The van der Waals surface area contributed by atoms with Crippen LogP contribution in [0.1, 0.15) is 5.56 Å². The Balaban J connectivity index is 2.36. The molecule has 4 heteroatoms. The number of hydrogen-bond acceptors (Lipinski definition) is 3. The lowest BCUT2D eigenvalue weighted by atomic mass is 10.2. The summed E-state index contributed by atoms with van der Waals surface area (Å²) in [5, 5.41) is 5.70. The van der Waals surface area contributed by atoms with Gasteiger partial charge in [-0.05, 0) is 24.7 Å². The average Bonchev–Trinajstić information content (AvgIpc) is 2.36. The number of benzene rings is 1. The third-order valence-corrected chi connectivity index (χ3v) is 2.12. The molecule has 1 rings (SSSR count). The molecule has 0 aliphatic carbocycles. The summed E-state index contributed by atoms with van der Waals surface area (Å²) >= 11 is 0. The molecule has 0 saturated carbocycles. The summed E-state index contributed by atoms with van der Waals surface area (Å²) in [4.78, 5) is 11.3. The predicted octanol–water partition coefficient (Wildman–Crippen LogP) is 1.09. The second-order valence-corrected chi connectivity index (χ2v) is 3.56. The standard InChI is InChI=1S/C13H18N2O2/c1-3-8-15-13(16)10-17-12-6-4-11(5-7-12)9-14-2/h3-7,14H,1,8-10H2,2H3,(H,15,16).